The highest BCUT2D eigenvalue weighted by Gasteiger charge is 2.15. The third-order valence-electron chi connectivity index (χ3n) is 4.56. The standard InChI is InChI=1S/C21H24N4O3S/c1-4-24(5-2)21-23-17(13-29-21)12-25-11-14(3)10-18(25)19(26)22-16-8-6-15(7-9-16)20(27)28/h6-11,13H,4-5,12H2,1-3H3,(H,22,26)(H,27,28). The number of amides is 1. The number of carbonyl (C=O) groups excluding carboxylic acids is 1. The fourth-order valence-corrected chi connectivity index (χ4v) is 4.00. The summed E-state index contributed by atoms with van der Waals surface area (Å²) < 4.78 is 1.89. The van der Waals surface area contributed by atoms with E-state index in [9.17, 15) is 9.59 Å². The average molecular weight is 413 g/mol. The van der Waals surface area contributed by atoms with E-state index in [4.69, 9.17) is 10.1 Å². The molecule has 1 amide bonds. The van der Waals surface area contributed by atoms with Crippen LogP contribution >= 0.6 is 11.3 Å². The number of nitrogens with one attached hydrogen (secondary N) is 1. The van der Waals surface area contributed by atoms with E-state index in [-0.39, 0.29) is 11.5 Å². The van der Waals surface area contributed by atoms with Gasteiger partial charge in [-0.2, -0.15) is 0 Å². The third-order valence-corrected chi connectivity index (χ3v) is 5.51. The van der Waals surface area contributed by atoms with Gasteiger partial charge in [0.2, 0.25) is 0 Å². The van der Waals surface area contributed by atoms with Crippen molar-refractivity contribution in [1.82, 2.24) is 9.55 Å². The number of carbonyl (C=O) groups is 2. The number of aromatic carboxylic acids is 1. The highest BCUT2D eigenvalue weighted by Crippen LogP contribution is 2.22. The van der Waals surface area contributed by atoms with Gasteiger partial charge in [-0.1, -0.05) is 0 Å². The van der Waals surface area contributed by atoms with Crippen LogP contribution in [0.25, 0.3) is 0 Å². The summed E-state index contributed by atoms with van der Waals surface area (Å²) in [6.45, 7) is 8.46. The lowest BCUT2D eigenvalue weighted by Crippen LogP contribution is -2.21. The Hall–Kier alpha value is -3.13. The monoisotopic (exact) mass is 412 g/mol. The Morgan fingerprint density at radius 2 is 1.90 bits per heavy atom. The van der Waals surface area contributed by atoms with Crippen molar-refractivity contribution in [1.29, 1.82) is 0 Å². The van der Waals surface area contributed by atoms with Gasteiger partial charge in [0.15, 0.2) is 5.13 Å². The van der Waals surface area contributed by atoms with Gasteiger partial charge in [0.25, 0.3) is 5.91 Å². The summed E-state index contributed by atoms with van der Waals surface area (Å²) in [5.74, 6) is -1.25. The van der Waals surface area contributed by atoms with Gasteiger partial charge in [0.1, 0.15) is 5.69 Å². The minimum absolute atomic E-state index is 0.176. The summed E-state index contributed by atoms with van der Waals surface area (Å²) in [6.07, 6.45) is 1.93. The highest BCUT2D eigenvalue weighted by atomic mass is 32.1. The highest BCUT2D eigenvalue weighted by molar-refractivity contribution is 7.13. The number of anilines is 2. The van der Waals surface area contributed by atoms with E-state index >= 15 is 0 Å². The molecule has 0 spiro atoms. The first-order valence-electron chi connectivity index (χ1n) is 9.42. The zero-order valence-electron chi connectivity index (χ0n) is 16.7. The SMILES string of the molecule is CCN(CC)c1nc(Cn2cc(C)cc2C(=O)Nc2ccc(C(=O)O)cc2)cs1. The lowest BCUT2D eigenvalue weighted by atomic mass is 10.2. The summed E-state index contributed by atoms with van der Waals surface area (Å²) in [4.78, 5) is 30.7. The van der Waals surface area contributed by atoms with E-state index < -0.39 is 5.97 Å². The molecule has 3 rings (SSSR count). The molecule has 0 saturated heterocycles. The first-order chi connectivity index (χ1) is 13.9. The lowest BCUT2D eigenvalue weighted by Gasteiger charge is -2.16. The number of hydrogen-bond donors (Lipinski definition) is 2. The van der Waals surface area contributed by atoms with E-state index in [1.54, 1.807) is 23.5 Å². The molecule has 0 aliphatic carbocycles. The zero-order chi connectivity index (χ0) is 21.0. The van der Waals surface area contributed by atoms with E-state index in [0.29, 0.717) is 17.9 Å². The predicted octanol–water partition coefficient (Wildman–Crippen LogP) is 4.10. The van der Waals surface area contributed by atoms with Crippen LogP contribution in [-0.4, -0.2) is 39.6 Å². The smallest absolute Gasteiger partial charge is 0.335 e. The Morgan fingerprint density at radius 3 is 2.52 bits per heavy atom. The van der Waals surface area contributed by atoms with Gasteiger partial charge in [0, 0.05) is 30.4 Å². The molecule has 0 unspecified atom stereocenters. The maximum absolute atomic E-state index is 12.8. The molecular formula is C21H24N4O3S. The molecule has 3 aromatic rings. The molecule has 1 aromatic carbocycles. The van der Waals surface area contributed by atoms with Crippen LogP contribution in [0.4, 0.5) is 10.8 Å². The van der Waals surface area contributed by atoms with Gasteiger partial charge in [-0.15, -0.1) is 11.3 Å². The van der Waals surface area contributed by atoms with E-state index in [1.807, 2.05) is 29.1 Å². The molecule has 8 heteroatoms. The second kappa shape index (κ2) is 8.91. The van der Waals surface area contributed by atoms with E-state index in [1.165, 1.54) is 12.1 Å². The van der Waals surface area contributed by atoms with Crippen LogP contribution in [0, 0.1) is 6.92 Å². The molecule has 0 radical (unpaired) electrons. The first kappa shape index (κ1) is 20.6. The number of aromatic nitrogens is 2. The molecule has 0 saturated carbocycles. The van der Waals surface area contributed by atoms with Crippen LogP contribution in [0.15, 0.2) is 41.9 Å². The fourth-order valence-electron chi connectivity index (χ4n) is 3.05. The largest absolute Gasteiger partial charge is 0.478 e. The van der Waals surface area contributed by atoms with Crippen molar-refractivity contribution >= 4 is 34.0 Å². The van der Waals surface area contributed by atoms with Crippen molar-refractivity contribution in [2.45, 2.75) is 27.3 Å². The summed E-state index contributed by atoms with van der Waals surface area (Å²) >= 11 is 1.61. The van der Waals surface area contributed by atoms with Crippen LogP contribution in [0.3, 0.4) is 0 Å². The number of aryl methyl sites for hydroxylation is 1. The van der Waals surface area contributed by atoms with Crippen LogP contribution in [0.1, 0.15) is 46.0 Å². The Bertz CT molecular complexity index is 1000. The van der Waals surface area contributed by atoms with Crippen molar-refractivity contribution in [3.63, 3.8) is 0 Å². The third kappa shape index (κ3) is 4.83. The number of hydrogen-bond acceptors (Lipinski definition) is 5. The van der Waals surface area contributed by atoms with Gasteiger partial charge in [-0.25, -0.2) is 9.78 Å². The fraction of sp³-hybridized carbons (Fsp3) is 0.286. The molecule has 0 fully saturated rings. The first-order valence-corrected chi connectivity index (χ1v) is 10.3. The lowest BCUT2D eigenvalue weighted by molar-refractivity contribution is 0.0696. The van der Waals surface area contributed by atoms with Crippen molar-refractivity contribution in [2.24, 2.45) is 0 Å². The van der Waals surface area contributed by atoms with Gasteiger partial charge >= 0.3 is 5.97 Å². The van der Waals surface area contributed by atoms with Gasteiger partial charge in [-0.05, 0) is 56.7 Å². The number of carboxylic acids is 1. The molecular weight excluding hydrogens is 388 g/mol. The second-order valence-corrected chi connectivity index (χ2v) is 7.50. The van der Waals surface area contributed by atoms with E-state index in [0.717, 1.165) is 29.5 Å². The minimum Gasteiger partial charge on any atom is -0.478 e. The van der Waals surface area contributed by atoms with Crippen LogP contribution in [0.2, 0.25) is 0 Å². The molecule has 0 atom stereocenters. The maximum atomic E-state index is 12.8. The summed E-state index contributed by atoms with van der Waals surface area (Å²) in [6, 6.07) is 7.92. The van der Waals surface area contributed by atoms with Crippen molar-refractivity contribution in [3.8, 4) is 0 Å². The summed E-state index contributed by atoms with van der Waals surface area (Å²) in [5, 5.41) is 14.8. The van der Waals surface area contributed by atoms with E-state index in [2.05, 4.69) is 24.1 Å². The number of carboxylic acid groups (broad SMARTS) is 1. The molecule has 152 valence electrons. The molecule has 2 N–H and O–H groups in total. The summed E-state index contributed by atoms with van der Waals surface area (Å²) in [7, 11) is 0. The Morgan fingerprint density at radius 1 is 1.21 bits per heavy atom. The number of rotatable bonds is 8. The van der Waals surface area contributed by atoms with Gasteiger partial charge < -0.3 is 19.9 Å². The number of benzene rings is 1. The van der Waals surface area contributed by atoms with Gasteiger partial charge in [0.05, 0.1) is 17.8 Å². The molecule has 29 heavy (non-hydrogen) atoms. The van der Waals surface area contributed by atoms with Crippen LogP contribution in [-0.2, 0) is 6.54 Å². The topological polar surface area (TPSA) is 87.5 Å². The average Bonchev–Trinajstić information content (AvgIpc) is 3.30. The molecule has 0 bridgehead atoms. The van der Waals surface area contributed by atoms with Crippen molar-refractivity contribution in [2.75, 3.05) is 23.3 Å². The Labute approximate surface area is 173 Å². The molecule has 7 nitrogen and oxygen atoms in total. The Balaban J connectivity index is 1.76. The minimum atomic E-state index is -1.00. The maximum Gasteiger partial charge on any atom is 0.335 e. The number of nitrogens with zero attached hydrogens (tertiary/aromatic N) is 3. The second-order valence-electron chi connectivity index (χ2n) is 6.66. The molecule has 2 aromatic heterocycles. The predicted molar refractivity (Wildman–Crippen MR) is 115 cm³/mol. The molecule has 0 aliphatic rings. The number of thiazole rings is 1. The Kier molecular flexibility index (Phi) is 6.33. The van der Waals surface area contributed by atoms with Crippen LogP contribution < -0.4 is 10.2 Å². The normalized spacial score (nSPS) is 10.7. The van der Waals surface area contributed by atoms with Gasteiger partial charge in [-0.3, -0.25) is 4.79 Å². The quantitative estimate of drug-likeness (QED) is 0.582. The summed E-state index contributed by atoms with van der Waals surface area (Å²) in [5.41, 5.74) is 3.14. The molecule has 0 aliphatic heterocycles. The van der Waals surface area contributed by atoms with Crippen LogP contribution in [0.5, 0.6) is 0 Å². The molecule has 2 heterocycles. The van der Waals surface area contributed by atoms with Crippen molar-refractivity contribution < 1.29 is 14.7 Å². The zero-order valence-corrected chi connectivity index (χ0v) is 17.5. The van der Waals surface area contributed by atoms with Crippen molar-refractivity contribution in [3.05, 3.63) is 64.4 Å².